The number of aliphatic hydroxyl groups is 1. The Morgan fingerprint density at radius 2 is 1.60 bits per heavy atom. The molecule has 142 valence electrons. The van der Waals surface area contributed by atoms with Crippen LogP contribution in [0.2, 0.25) is 0 Å². The number of oxime groups is 1. The van der Waals surface area contributed by atoms with Gasteiger partial charge in [0.15, 0.2) is 0 Å². The summed E-state index contributed by atoms with van der Waals surface area (Å²) in [5, 5.41) is 23.5. The van der Waals surface area contributed by atoms with Crippen molar-refractivity contribution in [2.75, 3.05) is 0 Å². The molecular weight excluding hydrogens is 310 g/mol. The van der Waals surface area contributed by atoms with E-state index in [0.29, 0.717) is 22.7 Å². The molecular formula is C22H37NO2. The third-order valence-corrected chi connectivity index (χ3v) is 9.62. The minimum absolute atomic E-state index is 0.334. The van der Waals surface area contributed by atoms with E-state index < -0.39 is 5.60 Å². The van der Waals surface area contributed by atoms with Crippen molar-refractivity contribution in [1.29, 1.82) is 0 Å². The van der Waals surface area contributed by atoms with Gasteiger partial charge in [-0.05, 0) is 106 Å². The average Bonchev–Trinajstić information content (AvgIpc) is 2.92. The summed E-state index contributed by atoms with van der Waals surface area (Å²) in [6, 6.07) is 0. The fraction of sp³-hybridized carbons (Fsp3) is 0.955. The van der Waals surface area contributed by atoms with E-state index in [0.717, 1.165) is 36.3 Å². The molecule has 3 nitrogen and oxygen atoms in total. The molecule has 0 aromatic carbocycles. The number of fused-ring (bicyclic) bond motifs is 5. The van der Waals surface area contributed by atoms with E-state index in [1.54, 1.807) is 0 Å². The zero-order chi connectivity index (χ0) is 18.0. The predicted molar refractivity (Wildman–Crippen MR) is 101 cm³/mol. The van der Waals surface area contributed by atoms with Crippen LogP contribution in [0.25, 0.3) is 0 Å². The lowest BCUT2D eigenvalue weighted by Crippen LogP contribution is -2.55. The summed E-state index contributed by atoms with van der Waals surface area (Å²) in [6.45, 7) is 9.11. The Morgan fingerprint density at radius 1 is 0.880 bits per heavy atom. The molecule has 8 atom stereocenters. The minimum atomic E-state index is -0.437. The molecule has 0 aliphatic heterocycles. The largest absolute Gasteiger partial charge is 0.411 e. The quantitative estimate of drug-likeness (QED) is 0.387. The van der Waals surface area contributed by atoms with Gasteiger partial charge in [0.1, 0.15) is 0 Å². The van der Waals surface area contributed by atoms with Crippen molar-refractivity contribution < 1.29 is 10.3 Å². The van der Waals surface area contributed by atoms with Gasteiger partial charge in [0, 0.05) is 5.92 Å². The first-order valence-corrected chi connectivity index (χ1v) is 10.6. The molecule has 4 aliphatic carbocycles. The molecule has 0 radical (unpaired) electrons. The van der Waals surface area contributed by atoms with E-state index in [4.69, 9.17) is 0 Å². The number of hydrogen-bond donors (Lipinski definition) is 2. The van der Waals surface area contributed by atoms with E-state index in [2.05, 4.69) is 25.9 Å². The van der Waals surface area contributed by atoms with E-state index in [1.807, 2.05) is 6.92 Å². The van der Waals surface area contributed by atoms with Crippen LogP contribution in [-0.2, 0) is 0 Å². The molecule has 0 spiro atoms. The Balaban J connectivity index is 1.60. The highest BCUT2D eigenvalue weighted by molar-refractivity contribution is 5.84. The summed E-state index contributed by atoms with van der Waals surface area (Å²) in [7, 11) is 0. The van der Waals surface area contributed by atoms with E-state index in [1.165, 1.54) is 44.9 Å². The first kappa shape index (κ1) is 17.8. The van der Waals surface area contributed by atoms with E-state index >= 15 is 0 Å². The summed E-state index contributed by atoms with van der Waals surface area (Å²) in [6.07, 6.45) is 11.0. The van der Waals surface area contributed by atoms with Gasteiger partial charge >= 0.3 is 0 Å². The maximum Gasteiger partial charge on any atom is 0.0622 e. The SMILES string of the molecule is C/C(=N\O)[C@H]1CC[C@H]2[C@@H]3CCC4C[C@](C)(O)CC[C@]4(C)[C@H]3CC[C@]12C. The van der Waals surface area contributed by atoms with Gasteiger partial charge in [0.25, 0.3) is 0 Å². The molecule has 25 heavy (non-hydrogen) atoms. The third-order valence-electron chi connectivity index (χ3n) is 9.62. The normalized spacial score (nSPS) is 56.0. The van der Waals surface area contributed by atoms with Crippen LogP contribution in [0.4, 0.5) is 0 Å². The smallest absolute Gasteiger partial charge is 0.0622 e. The number of hydrogen-bond acceptors (Lipinski definition) is 3. The molecule has 4 fully saturated rings. The summed E-state index contributed by atoms with van der Waals surface area (Å²) < 4.78 is 0. The van der Waals surface area contributed by atoms with Crippen LogP contribution < -0.4 is 0 Å². The van der Waals surface area contributed by atoms with E-state index in [9.17, 15) is 10.3 Å². The van der Waals surface area contributed by atoms with Gasteiger partial charge in [-0.15, -0.1) is 0 Å². The van der Waals surface area contributed by atoms with Crippen molar-refractivity contribution in [3.63, 3.8) is 0 Å². The second-order valence-corrected chi connectivity index (χ2v) is 10.8. The molecule has 1 unspecified atom stereocenters. The zero-order valence-electron chi connectivity index (χ0n) is 16.6. The van der Waals surface area contributed by atoms with Gasteiger partial charge in [-0.3, -0.25) is 0 Å². The molecule has 0 amide bonds. The summed E-state index contributed by atoms with van der Waals surface area (Å²) in [4.78, 5) is 0. The topological polar surface area (TPSA) is 52.8 Å². The highest BCUT2D eigenvalue weighted by Gasteiger charge is 2.61. The molecule has 0 aromatic heterocycles. The molecule has 3 heteroatoms. The summed E-state index contributed by atoms with van der Waals surface area (Å²) >= 11 is 0. The maximum absolute atomic E-state index is 10.6. The zero-order valence-corrected chi connectivity index (χ0v) is 16.6. The maximum atomic E-state index is 10.6. The Morgan fingerprint density at radius 3 is 2.32 bits per heavy atom. The minimum Gasteiger partial charge on any atom is -0.411 e. The van der Waals surface area contributed by atoms with Gasteiger partial charge in [-0.2, -0.15) is 0 Å². The van der Waals surface area contributed by atoms with Crippen molar-refractivity contribution in [2.24, 2.45) is 45.6 Å². The standard InChI is InChI=1S/C22H37NO2/c1-14(23-25)17-7-8-18-16-6-5-15-13-20(2,24)11-12-21(15,3)19(16)9-10-22(17,18)4/h15-19,24-25H,5-13H2,1-4H3/b23-14+/t15?,16-,17+,18-,19-,20+,21-,22+/m0/s1. The van der Waals surface area contributed by atoms with Crippen molar-refractivity contribution in [1.82, 2.24) is 0 Å². The molecule has 0 heterocycles. The first-order chi connectivity index (χ1) is 11.7. The lowest BCUT2D eigenvalue weighted by molar-refractivity contribution is -0.144. The first-order valence-electron chi connectivity index (χ1n) is 10.6. The average molecular weight is 348 g/mol. The molecule has 4 saturated carbocycles. The Kier molecular flexibility index (Phi) is 4.07. The molecule has 4 aliphatic rings. The van der Waals surface area contributed by atoms with Crippen molar-refractivity contribution in [2.45, 2.75) is 91.1 Å². The van der Waals surface area contributed by atoms with Gasteiger partial charge in [0.2, 0.25) is 0 Å². The van der Waals surface area contributed by atoms with Gasteiger partial charge in [-0.1, -0.05) is 19.0 Å². The molecule has 4 rings (SSSR count). The monoisotopic (exact) mass is 347 g/mol. The third kappa shape index (κ3) is 2.51. The lowest BCUT2D eigenvalue weighted by Gasteiger charge is -2.61. The van der Waals surface area contributed by atoms with Gasteiger partial charge < -0.3 is 10.3 Å². The Labute approximate surface area is 153 Å². The van der Waals surface area contributed by atoms with Crippen molar-refractivity contribution in [3.8, 4) is 0 Å². The fourth-order valence-corrected chi connectivity index (χ4v) is 8.19. The van der Waals surface area contributed by atoms with Crippen molar-refractivity contribution in [3.05, 3.63) is 0 Å². The highest BCUT2D eigenvalue weighted by atomic mass is 16.4. The van der Waals surface area contributed by atoms with Crippen LogP contribution in [0.3, 0.4) is 0 Å². The summed E-state index contributed by atoms with van der Waals surface area (Å²) in [5.41, 5.74) is 1.29. The van der Waals surface area contributed by atoms with Crippen LogP contribution in [0.1, 0.15) is 85.5 Å². The lowest BCUT2D eigenvalue weighted by atomic mass is 9.44. The fourth-order valence-electron chi connectivity index (χ4n) is 8.19. The van der Waals surface area contributed by atoms with Gasteiger partial charge in [0.05, 0.1) is 11.3 Å². The number of nitrogens with zero attached hydrogens (tertiary/aromatic N) is 1. The van der Waals surface area contributed by atoms with Crippen LogP contribution in [0.15, 0.2) is 5.16 Å². The molecule has 0 bridgehead atoms. The molecule has 0 aromatic rings. The molecule has 2 N–H and O–H groups in total. The van der Waals surface area contributed by atoms with Crippen LogP contribution >= 0.6 is 0 Å². The number of rotatable bonds is 1. The van der Waals surface area contributed by atoms with Crippen LogP contribution in [-0.4, -0.2) is 21.6 Å². The molecule has 0 saturated heterocycles. The highest BCUT2D eigenvalue weighted by Crippen LogP contribution is 2.68. The van der Waals surface area contributed by atoms with Crippen LogP contribution in [0.5, 0.6) is 0 Å². The Hall–Kier alpha value is -0.570. The van der Waals surface area contributed by atoms with Crippen LogP contribution in [0, 0.1) is 40.4 Å². The second-order valence-electron chi connectivity index (χ2n) is 10.8. The second kappa shape index (κ2) is 5.71. The Bertz CT molecular complexity index is 570. The van der Waals surface area contributed by atoms with Gasteiger partial charge in [-0.25, -0.2) is 0 Å². The van der Waals surface area contributed by atoms with E-state index in [-0.39, 0.29) is 0 Å². The van der Waals surface area contributed by atoms with Crippen molar-refractivity contribution >= 4 is 5.71 Å². The predicted octanol–water partition coefficient (Wildman–Crippen LogP) is 5.25. The summed E-state index contributed by atoms with van der Waals surface area (Å²) in [5.74, 6) is 3.67.